The number of sulfonamides is 1. The average Bonchev–Trinajstić information content (AvgIpc) is 2.71. The first-order valence-corrected chi connectivity index (χ1v) is 12.6. The molecule has 3 aromatic carbocycles. The van der Waals surface area contributed by atoms with Gasteiger partial charge in [-0.2, -0.15) is 4.31 Å². The van der Waals surface area contributed by atoms with Gasteiger partial charge in [0.25, 0.3) is 0 Å². The molecule has 0 unspecified atom stereocenters. The van der Waals surface area contributed by atoms with Crippen LogP contribution in [-0.4, -0.2) is 25.2 Å². The van der Waals surface area contributed by atoms with E-state index in [0.717, 1.165) is 16.7 Å². The molecule has 3 aromatic rings. The van der Waals surface area contributed by atoms with E-state index in [2.05, 4.69) is 5.32 Å². The number of halogens is 2. The van der Waals surface area contributed by atoms with Gasteiger partial charge in [0.1, 0.15) is 0 Å². The monoisotopic (exact) mass is 504 g/mol. The summed E-state index contributed by atoms with van der Waals surface area (Å²) in [5.41, 5.74) is 4.34. The summed E-state index contributed by atoms with van der Waals surface area (Å²) in [4.78, 5) is 13.2. The van der Waals surface area contributed by atoms with Crippen LogP contribution in [0.3, 0.4) is 0 Å². The summed E-state index contributed by atoms with van der Waals surface area (Å²) in [5.74, 6) is -0.458. The molecule has 0 aliphatic carbocycles. The smallest absolute Gasteiger partial charge is 0.244 e. The molecule has 0 bridgehead atoms. The van der Waals surface area contributed by atoms with E-state index in [1.165, 1.54) is 4.31 Å². The van der Waals surface area contributed by atoms with Gasteiger partial charge in [-0.05, 0) is 74.2 Å². The van der Waals surface area contributed by atoms with Gasteiger partial charge in [0.2, 0.25) is 15.9 Å². The second-order valence-corrected chi connectivity index (χ2v) is 10.9. The summed E-state index contributed by atoms with van der Waals surface area (Å²) in [7, 11) is -3.98. The summed E-state index contributed by atoms with van der Waals surface area (Å²) in [6.45, 7) is 6.96. The maximum absolute atomic E-state index is 13.8. The highest BCUT2D eigenvalue weighted by atomic mass is 35.5. The van der Waals surface area contributed by atoms with E-state index in [0.29, 0.717) is 26.9 Å². The molecule has 0 heterocycles. The summed E-state index contributed by atoms with van der Waals surface area (Å²) in [5, 5.41) is 3.82. The van der Waals surface area contributed by atoms with Gasteiger partial charge < -0.3 is 5.32 Å². The molecule has 33 heavy (non-hydrogen) atoms. The van der Waals surface area contributed by atoms with E-state index >= 15 is 0 Å². The number of aryl methyl sites for hydroxylation is 4. The standard InChI is InChI=1S/C25H26Cl2N2O3S/c1-16-11-18(3)25(19(4)12-16)33(31,32)29(14-20-6-9-21(26)10-7-20)15-24(30)28-23-13-22(27)8-5-17(23)2/h5-13H,14-15H2,1-4H3,(H,28,30). The number of carbonyl (C=O) groups is 1. The zero-order valence-electron chi connectivity index (χ0n) is 18.9. The predicted octanol–water partition coefficient (Wildman–Crippen LogP) is 6.06. The summed E-state index contributed by atoms with van der Waals surface area (Å²) in [6, 6.07) is 15.7. The van der Waals surface area contributed by atoms with Crippen LogP contribution in [0.1, 0.15) is 27.8 Å². The molecular formula is C25H26Cl2N2O3S. The van der Waals surface area contributed by atoms with Crippen molar-refractivity contribution >= 4 is 44.8 Å². The molecule has 0 atom stereocenters. The third-order valence-electron chi connectivity index (χ3n) is 5.27. The minimum atomic E-state index is -3.98. The lowest BCUT2D eigenvalue weighted by Crippen LogP contribution is -2.38. The lowest BCUT2D eigenvalue weighted by atomic mass is 10.1. The van der Waals surface area contributed by atoms with E-state index in [4.69, 9.17) is 23.2 Å². The van der Waals surface area contributed by atoms with E-state index in [9.17, 15) is 13.2 Å². The topological polar surface area (TPSA) is 66.5 Å². The number of benzene rings is 3. The number of hydrogen-bond acceptors (Lipinski definition) is 3. The van der Waals surface area contributed by atoms with Crippen LogP contribution in [0, 0.1) is 27.7 Å². The van der Waals surface area contributed by atoms with Crippen LogP contribution in [0.5, 0.6) is 0 Å². The molecule has 0 aliphatic rings. The van der Waals surface area contributed by atoms with E-state index in [1.807, 2.05) is 26.0 Å². The Morgan fingerprint density at radius 1 is 0.848 bits per heavy atom. The molecule has 0 spiro atoms. The van der Waals surface area contributed by atoms with Gasteiger partial charge >= 0.3 is 0 Å². The van der Waals surface area contributed by atoms with Gasteiger partial charge in [-0.15, -0.1) is 0 Å². The van der Waals surface area contributed by atoms with Crippen molar-refractivity contribution in [2.75, 3.05) is 11.9 Å². The number of nitrogens with zero attached hydrogens (tertiary/aromatic N) is 1. The molecule has 0 saturated heterocycles. The number of hydrogen-bond donors (Lipinski definition) is 1. The first-order chi connectivity index (χ1) is 15.5. The molecular weight excluding hydrogens is 479 g/mol. The van der Waals surface area contributed by atoms with Crippen LogP contribution < -0.4 is 5.32 Å². The Morgan fingerprint density at radius 3 is 2.03 bits per heavy atom. The number of nitrogens with one attached hydrogen (secondary N) is 1. The lowest BCUT2D eigenvalue weighted by molar-refractivity contribution is -0.116. The molecule has 174 valence electrons. The van der Waals surface area contributed by atoms with Crippen LogP contribution in [0.15, 0.2) is 59.5 Å². The lowest BCUT2D eigenvalue weighted by Gasteiger charge is -2.24. The summed E-state index contributed by atoms with van der Waals surface area (Å²) in [6.07, 6.45) is 0. The second kappa shape index (κ2) is 10.3. The quantitative estimate of drug-likeness (QED) is 0.425. The predicted molar refractivity (Wildman–Crippen MR) is 135 cm³/mol. The molecule has 1 N–H and O–H groups in total. The zero-order valence-corrected chi connectivity index (χ0v) is 21.3. The Labute approximate surface area is 205 Å². The fourth-order valence-corrected chi connectivity index (χ4v) is 5.90. The molecule has 5 nitrogen and oxygen atoms in total. The van der Waals surface area contributed by atoms with E-state index in [-0.39, 0.29) is 18.0 Å². The van der Waals surface area contributed by atoms with Crippen molar-refractivity contribution in [2.24, 2.45) is 0 Å². The van der Waals surface area contributed by atoms with Crippen molar-refractivity contribution in [3.63, 3.8) is 0 Å². The van der Waals surface area contributed by atoms with Crippen LogP contribution in [0.4, 0.5) is 5.69 Å². The van der Waals surface area contributed by atoms with Gasteiger partial charge in [0.15, 0.2) is 0 Å². The first-order valence-electron chi connectivity index (χ1n) is 10.4. The number of amides is 1. The Bertz CT molecular complexity index is 1270. The van der Waals surface area contributed by atoms with Gasteiger partial charge in [-0.25, -0.2) is 8.42 Å². The average molecular weight is 505 g/mol. The highest BCUT2D eigenvalue weighted by Crippen LogP contribution is 2.27. The van der Waals surface area contributed by atoms with Crippen molar-refractivity contribution in [3.05, 3.63) is 92.5 Å². The molecule has 0 aliphatic heterocycles. The zero-order chi connectivity index (χ0) is 24.3. The molecule has 8 heteroatoms. The largest absolute Gasteiger partial charge is 0.325 e. The molecule has 0 aromatic heterocycles. The Morgan fingerprint density at radius 2 is 1.42 bits per heavy atom. The normalized spacial score (nSPS) is 11.6. The van der Waals surface area contributed by atoms with Crippen molar-refractivity contribution in [3.8, 4) is 0 Å². The van der Waals surface area contributed by atoms with Crippen molar-refractivity contribution in [1.82, 2.24) is 4.31 Å². The fraction of sp³-hybridized carbons (Fsp3) is 0.240. The Hall–Kier alpha value is -2.38. The van der Waals surface area contributed by atoms with Crippen molar-refractivity contribution in [1.29, 1.82) is 0 Å². The SMILES string of the molecule is Cc1cc(C)c(S(=O)(=O)N(CC(=O)Nc2cc(Cl)ccc2C)Cc2ccc(Cl)cc2)c(C)c1. The Kier molecular flexibility index (Phi) is 7.85. The second-order valence-electron chi connectivity index (χ2n) is 8.13. The van der Waals surface area contributed by atoms with Crippen LogP contribution in [0.2, 0.25) is 10.0 Å². The van der Waals surface area contributed by atoms with E-state index < -0.39 is 15.9 Å². The number of rotatable bonds is 7. The number of anilines is 1. The van der Waals surface area contributed by atoms with Crippen LogP contribution in [-0.2, 0) is 21.4 Å². The number of carbonyl (C=O) groups excluding carboxylic acids is 1. The van der Waals surface area contributed by atoms with Crippen molar-refractivity contribution in [2.45, 2.75) is 39.1 Å². The van der Waals surface area contributed by atoms with Gasteiger partial charge in [0.05, 0.1) is 11.4 Å². The first kappa shape index (κ1) is 25.2. The maximum Gasteiger partial charge on any atom is 0.244 e. The molecule has 0 saturated carbocycles. The maximum atomic E-state index is 13.8. The van der Waals surface area contributed by atoms with Gasteiger partial charge in [0, 0.05) is 22.3 Å². The van der Waals surface area contributed by atoms with Crippen LogP contribution >= 0.6 is 23.2 Å². The molecule has 0 radical (unpaired) electrons. The Balaban J connectivity index is 1.98. The summed E-state index contributed by atoms with van der Waals surface area (Å²) >= 11 is 12.0. The minimum absolute atomic E-state index is 0.0220. The highest BCUT2D eigenvalue weighted by molar-refractivity contribution is 7.89. The van der Waals surface area contributed by atoms with E-state index in [1.54, 1.807) is 56.3 Å². The molecule has 0 fully saturated rings. The van der Waals surface area contributed by atoms with Crippen LogP contribution in [0.25, 0.3) is 0 Å². The summed E-state index contributed by atoms with van der Waals surface area (Å²) < 4.78 is 28.7. The molecule has 1 amide bonds. The highest BCUT2D eigenvalue weighted by Gasteiger charge is 2.30. The minimum Gasteiger partial charge on any atom is -0.325 e. The van der Waals surface area contributed by atoms with Gasteiger partial charge in [-0.3, -0.25) is 4.79 Å². The van der Waals surface area contributed by atoms with Crippen molar-refractivity contribution < 1.29 is 13.2 Å². The third-order valence-corrected chi connectivity index (χ3v) is 7.85. The van der Waals surface area contributed by atoms with Gasteiger partial charge in [-0.1, -0.05) is 59.1 Å². The molecule has 3 rings (SSSR count). The third kappa shape index (κ3) is 6.15. The fourth-order valence-electron chi connectivity index (χ4n) is 3.80.